The van der Waals surface area contributed by atoms with E-state index < -0.39 is 36.0 Å². The maximum Gasteiger partial charge on any atom is 0.310 e. The minimum absolute atomic E-state index is 0.142. The fraction of sp³-hybridized carbons (Fsp3) is 0.240. The highest BCUT2D eigenvalue weighted by molar-refractivity contribution is 8.45. The summed E-state index contributed by atoms with van der Waals surface area (Å²) in [6.07, 6.45) is 1.99. The molecule has 0 bridgehead atoms. The maximum atomic E-state index is 13.4. The number of nitrogens with one attached hydrogen (secondary N) is 2. The van der Waals surface area contributed by atoms with Crippen molar-refractivity contribution in [2.24, 2.45) is 5.73 Å². The minimum atomic E-state index is -9.71. The van der Waals surface area contributed by atoms with Crippen LogP contribution in [-0.4, -0.2) is 21.4 Å². The molecule has 4 rings (SSSR count). The largest absolute Gasteiger partial charge is 0.382 e. The average molecular weight is 560 g/mol. The topological polar surface area (TPSA) is 96.0 Å². The zero-order valence-electron chi connectivity index (χ0n) is 19.5. The Balaban J connectivity index is 1.39. The molecule has 0 saturated heterocycles. The highest BCUT2D eigenvalue weighted by Gasteiger charge is 2.65. The van der Waals surface area contributed by atoms with Crippen molar-refractivity contribution in [3.63, 3.8) is 0 Å². The van der Waals surface area contributed by atoms with Gasteiger partial charge in [-0.05, 0) is 85.3 Å². The number of nitrogens with two attached hydrogens (primary N) is 1. The van der Waals surface area contributed by atoms with Gasteiger partial charge in [0.1, 0.15) is 4.90 Å². The number of hydrogen-bond donors (Lipinski definition) is 3. The molecular formula is C25H26F5N3O2S2. The summed E-state index contributed by atoms with van der Waals surface area (Å²) in [6.45, 7) is 0. The van der Waals surface area contributed by atoms with E-state index >= 15 is 0 Å². The van der Waals surface area contributed by atoms with Crippen LogP contribution in [0, 0.1) is 4.78 Å². The number of carbonyl (C=O) groups excluding carboxylic acids is 1. The maximum absolute atomic E-state index is 13.4. The molecule has 37 heavy (non-hydrogen) atoms. The summed E-state index contributed by atoms with van der Waals surface area (Å²) in [5.41, 5.74) is 7.54. The number of anilines is 1. The molecular weight excluding hydrogens is 533 g/mol. The summed E-state index contributed by atoms with van der Waals surface area (Å²) >= 11 is 0. The lowest BCUT2D eigenvalue weighted by Gasteiger charge is -2.40. The van der Waals surface area contributed by atoms with E-state index in [-0.39, 0.29) is 11.7 Å². The molecule has 1 saturated carbocycles. The van der Waals surface area contributed by atoms with Crippen molar-refractivity contribution in [3.05, 3.63) is 78.4 Å². The van der Waals surface area contributed by atoms with Crippen LogP contribution in [0.25, 0.3) is 11.1 Å². The molecule has 12 heteroatoms. The quantitative estimate of drug-likeness (QED) is 0.256. The first kappa shape index (κ1) is 26.9. The number of rotatable bonds is 7. The van der Waals surface area contributed by atoms with E-state index in [4.69, 9.17) is 10.5 Å². The van der Waals surface area contributed by atoms with E-state index in [9.17, 15) is 28.4 Å². The fourth-order valence-electron chi connectivity index (χ4n) is 4.48. The van der Waals surface area contributed by atoms with E-state index in [2.05, 4.69) is 5.32 Å². The second kappa shape index (κ2) is 8.73. The van der Waals surface area contributed by atoms with Crippen molar-refractivity contribution in [2.75, 3.05) is 5.32 Å². The lowest BCUT2D eigenvalue weighted by molar-refractivity contribution is 0.1000. The van der Waals surface area contributed by atoms with Crippen LogP contribution in [0.2, 0.25) is 0 Å². The third-order valence-corrected chi connectivity index (χ3v) is 10.0. The molecule has 1 amide bonds. The second-order valence-corrected chi connectivity index (χ2v) is 13.9. The Kier molecular flexibility index (Phi) is 6.35. The Morgan fingerprint density at radius 3 is 2.00 bits per heavy atom. The van der Waals surface area contributed by atoms with Crippen molar-refractivity contribution < 1.29 is 28.4 Å². The van der Waals surface area contributed by atoms with Crippen LogP contribution in [0.1, 0.15) is 36.0 Å². The number of primary amides is 1. The zero-order valence-corrected chi connectivity index (χ0v) is 21.1. The van der Waals surface area contributed by atoms with Gasteiger partial charge in [-0.1, -0.05) is 43.7 Å². The third-order valence-electron chi connectivity index (χ3n) is 6.50. The van der Waals surface area contributed by atoms with Crippen molar-refractivity contribution in [1.82, 2.24) is 0 Å². The van der Waals surface area contributed by atoms with Gasteiger partial charge in [0.15, 0.2) is 0 Å². The third kappa shape index (κ3) is 6.24. The number of benzene rings is 3. The second-order valence-electron chi connectivity index (χ2n) is 9.18. The Morgan fingerprint density at radius 2 is 1.46 bits per heavy atom. The summed E-state index contributed by atoms with van der Waals surface area (Å²) in [5, 5.41) is 2.65. The van der Waals surface area contributed by atoms with Crippen LogP contribution in [-0.2, 0) is 9.73 Å². The van der Waals surface area contributed by atoms with E-state index in [1.807, 2.05) is 6.07 Å². The van der Waals surface area contributed by atoms with Gasteiger partial charge in [-0.15, -0.1) is 0 Å². The van der Waals surface area contributed by atoms with Gasteiger partial charge in [-0.3, -0.25) is 4.79 Å². The molecule has 0 spiro atoms. The van der Waals surface area contributed by atoms with Gasteiger partial charge in [0.2, 0.25) is 5.91 Å². The van der Waals surface area contributed by atoms with Crippen LogP contribution in [0.15, 0.2) is 82.6 Å². The van der Waals surface area contributed by atoms with Gasteiger partial charge in [-0.2, -0.15) is 0 Å². The molecule has 0 aliphatic heterocycles. The standard InChI is InChI=1S/C25H26F5N3O2S2/c26-37(27,28,29,30)24-14-8-21(9-15-24)33-20-6-12-23(13-7-20)36(32,35)22-10-4-17(5-11-22)18-2-1-3-19(16-18)25(31)34/h1-5,8-11,14-16,20,23,32-33H,6-7,12-13H2,(H2,31,34). The predicted octanol–water partition coefficient (Wildman–Crippen LogP) is 7.94. The first-order valence-corrected chi connectivity index (χ1v) is 15.0. The summed E-state index contributed by atoms with van der Waals surface area (Å²) in [4.78, 5) is 9.89. The van der Waals surface area contributed by atoms with E-state index in [0.29, 0.717) is 48.3 Å². The molecule has 1 fully saturated rings. The Morgan fingerprint density at radius 1 is 0.865 bits per heavy atom. The molecule has 200 valence electrons. The van der Waals surface area contributed by atoms with Crippen molar-refractivity contribution in [1.29, 1.82) is 4.78 Å². The molecule has 0 radical (unpaired) electrons. The predicted molar refractivity (Wildman–Crippen MR) is 137 cm³/mol. The van der Waals surface area contributed by atoms with Gasteiger partial charge >= 0.3 is 10.2 Å². The average Bonchev–Trinajstić information content (AvgIpc) is 2.83. The van der Waals surface area contributed by atoms with E-state index in [1.54, 1.807) is 42.5 Å². The normalized spacial score (nSPS) is 21.8. The Bertz CT molecular complexity index is 1420. The van der Waals surface area contributed by atoms with Gasteiger partial charge in [0.05, 0.1) is 9.73 Å². The molecule has 1 aliphatic carbocycles. The number of carbonyl (C=O) groups is 1. The highest BCUT2D eigenvalue weighted by atomic mass is 32.5. The smallest absolute Gasteiger partial charge is 0.310 e. The highest BCUT2D eigenvalue weighted by Crippen LogP contribution is 3.02. The van der Waals surface area contributed by atoms with Gasteiger partial charge in [0, 0.05) is 27.4 Å². The summed E-state index contributed by atoms with van der Waals surface area (Å²) in [6, 6.07) is 16.1. The molecule has 4 N–H and O–H groups in total. The summed E-state index contributed by atoms with van der Waals surface area (Å²) < 4.78 is 86.5. The summed E-state index contributed by atoms with van der Waals surface area (Å²) in [5.74, 6) is -0.543. The number of amides is 1. The lowest BCUT2D eigenvalue weighted by atomic mass is 9.95. The Labute approximate surface area is 212 Å². The molecule has 3 aromatic rings. The Hall–Kier alpha value is -3.12. The molecule has 0 heterocycles. The first-order chi connectivity index (χ1) is 17.0. The monoisotopic (exact) mass is 559 g/mol. The van der Waals surface area contributed by atoms with Crippen LogP contribution in [0.5, 0.6) is 0 Å². The zero-order chi connectivity index (χ0) is 27.1. The number of hydrogen-bond acceptors (Lipinski definition) is 4. The molecule has 5 nitrogen and oxygen atoms in total. The van der Waals surface area contributed by atoms with Crippen molar-refractivity contribution in [2.45, 2.75) is 46.8 Å². The van der Waals surface area contributed by atoms with Gasteiger partial charge in [-0.25, -0.2) is 8.99 Å². The lowest BCUT2D eigenvalue weighted by Crippen LogP contribution is -2.32. The van der Waals surface area contributed by atoms with Crippen molar-refractivity contribution in [3.8, 4) is 11.1 Å². The van der Waals surface area contributed by atoms with Gasteiger partial charge < -0.3 is 11.1 Å². The molecule has 1 atom stereocenters. The minimum Gasteiger partial charge on any atom is -0.382 e. The van der Waals surface area contributed by atoms with Crippen LogP contribution < -0.4 is 11.1 Å². The molecule has 3 aromatic carbocycles. The van der Waals surface area contributed by atoms with Crippen molar-refractivity contribution >= 4 is 31.5 Å². The SMILES string of the molecule is N=S(=O)(c1ccc(-c2cccc(C(N)=O)c2)cc1)C1CCC(Nc2ccc(S(F)(F)(F)(F)F)cc2)CC1. The van der Waals surface area contributed by atoms with E-state index in [1.165, 1.54) is 0 Å². The fourth-order valence-corrected chi connectivity index (χ4v) is 6.99. The van der Waals surface area contributed by atoms with Crippen LogP contribution in [0.4, 0.5) is 25.1 Å². The van der Waals surface area contributed by atoms with Gasteiger partial charge in [0.25, 0.3) is 0 Å². The molecule has 1 aliphatic rings. The van der Waals surface area contributed by atoms with E-state index in [0.717, 1.165) is 23.3 Å². The van der Waals surface area contributed by atoms with Crippen LogP contribution >= 0.6 is 10.2 Å². The molecule has 1 unspecified atom stereocenters. The molecule has 0 aromatic heterocycles. The first-order valence-electron chi connectivity index (χ1n) is 11.4. The number of halogens is 5. The summed E-state index contributed by atoms with van der Waals surface area (Å²) in [7, 11) is -12.8. The van der Waals surface area contributed by atoms with Crippen LogP contribution in [0.3, 0.4) is 0 Å².